The topological polar surface area (TPSA) is 61.0 Å². The van der Waals surface area contributed by atoms with Gasteiger partial charge in [0.25, 0.3) is 5.89 Å². The summed E-state index contributed by atoms with van der Waals surface area (Å²) in [5.74, 6) is 1.64. The molecule has 0 atom stereocenters. The van der Waals surface area contributed by atoms with E-state index in [4.69, 9.17) is 9.26 Å². The fraction of sp³-hybridized carbons (Fsp3) is 0.500. The van der Waals surface area contributed by atoms with Crippen molar-refractivity contribution < 1.29 is 9.26 Å². The molecule has 2 aromatic heterocycles. The van der Waals surface area contributed by atoms with Crippen molar-refractivity contribution >= 4 is 0 Å². The molecular weight excluding hydrogens is 242 g/mol. The average Bonchev–Trinajstić information content (AvgIpc) is 3.02. The van der Waals surface area contributed by atoms with Crippen molar-refractivity contribution in [1.29, 1.82) is 0 Å². The zero-order valence-corrected chi connectivity index (χ0v) is 11.0. The van der Waals surface area contributed by atoms with Gasteiger partial charge in [0.1, 0.15) is 0 Å². The van der Waals surface area contributed by atoms with Crippen molar-refractivity contribution in [2.75, 3.05) is 7.11 Å². The SMILES string of the molecule is COc1cc(-c2ncno2)cc(C2CCCCC2)n1. The van der Waals surface area contributed by atoms with E-state index in [1.807, 2.05) is 12.1 Å². The van der Waals surface area contributed by atoms with Crippen LogP contribution in [0.15, 0.2) is 23.0 Å². The molecule has 0 aromatic carbocycles. The predicted octanol–water partition coefficient (Wildman–Crippen LogP) is 3.19. The van der Waals surface area contributed by atoms with E-state index >= 15 is 0 Å². The number of pyridine rings is 1. The molecule has 1 fully saturated rings. The zero-order chi connectivity index (χ0) is 13.1. The molecule has 0 aliphatic heterocycles. The molecule has 0 amide bonds. The number of nitrogens with zero attached hydrogens (tertiary/aromatic N) is 3. The molecular formula is C14H17N3O2. The maximum atomic E-state index is 5.28. The number of hydrogen-bond donors (Lipinski definition) is 0. The van der Waals surface area contributed by atoms with Crippen LogP contribution in [0.1, 0.15) is 43.7 Å². The predicted molar refractivity (Wildman–Crippen MR) is 69.9 cm³/mol. The van der Waals surface area contributed by atoms with Crippen LogP contribution < -0.4 is 4.74 Å². The Hall–Kier alpha value is -1.91. The standard InChI is InChI=1S/C14H17N3O2/c1-18-13-8-11(14-15-9-16-19-14)7-12(17-13)10-5-3-2-4-6-10/h7-10H,2-6H2,1H3. The van der Waals surface area contributed by atoms with E-state index < -0.39 is 0 Å². The van der Waals surface area contributed by atoms with Gasteiger partial charge in [0.2, 0.25) is 5.88 Å². The minimum absolute atomic E-state index is 0.512. The highest BCUT2D eigenvalue weighted by atomic mass is 16.5. The second-order valence-electron chi connectivity index (χ2n) is 4.90. The van der Waals surface area contributed by atoms with E-state index in [1.54, 1.807) is 7.11 Å². The molecule has 0 N–H and O–H groups in total. The molecule has 2 aromatic rings. The maximum Gasteiger partial charge on any atom is 0.257 e. The van der Waals surface area contributed by atoms with Gasteiger partial charge in [-0.1, -0.05) is 24.4 Å². The molecule has 0 unspecified atom stereocenters. The Labute approximate surface area is 112 Å². The lowest BCUT2D eigenvalue weighted by atomic mass is 9.86. The lowest BCUT2D eigenvalue weighted by Gasteiger charge is -2.21. The average molecular weight is 259 g/mol. The fourth-order valence-corrected chi connectivity index (χ4v) is 2.66. The van der Waals surface area contributed by atoms with Crippen LogP contribution in [0.3, 0.4) is 0 Å². The number of ether oxygens (including phenoxy) is 1. The van der Waals surface area contributed by atoms with E-state index in [1.165, 1.54) is 38.4 Å². The molecule has 0 spiro atoms. The summed E-state index contributed by atoms with van der Waals surface area (Å²) in [5.41, 5.74) is 1.96. The first-order chi connectivity index (χ1) is 9.36. The van der Waals surface area contributed by atoms with E-state index in [2.05, 4.69) is 15.1 Å². The normalized spacial score (nSPS) is 16.5. The molecule has 2 heterocycles. The van der Waals surface area contributed by atoms with Gasteiger partial charge in [-0.2, -0.15) is 4.98 Å². The Morgan fingerprint density at radius 3 is 2.74 bits per heavy atom. The third-order valence-corrected chi connectivity index (χ3v) is 3.66. The molecule has 1 saturated carbocycles. The van der Waals surface area contributed by atoms with E-state index in [9.17, 15) is 0 Å². The van der Waals surface area contributed by atoms with Crippen LogP contribution in [0.25, 0.3) is 11.5 Å². The van der Waals surface area contributed by atoms with Gasteiger partial charge in [-0.05, 0) is 18.9 Å². The van der Waals surface area contributed by atoms with Crippen molar-refractivity contribution in [1.82, 2.24) is 15.1 Å². The first kappa shape index (κ1) is 12.1. The van der Waals surface area contributed by atoms with Gasteiger partial charge in [0.05, 0.1) is 7.11 Å². The minimum atomic E-state index is 0.512. The number of rotatable bonds is 3. The first-order valence-electron chi connectivity index (χ1n) is 6.70. The van der Waals surface area contributed by atoms with Crippen molar-refractivity contribution in [2.24, 2.45) is 0 Å². The van der Waals surface area contributed by atoms with Crippen LogP contribution in [0.4, 0.5) is 0 Å². The summed E-state index contributed by atoms with van der Waals surface area (Å²) < 4.78 is 10.4. The van der Waals surface area contributed by atoms with Gasteiger partial charge in [-0.25, -0.2) is 4.98 Å². The highest BCUT2D eigenvalue weighted by Crippen LogP contribution is 2.34. The molecule has 0 saturated heterocycles. The Morgan fingerprint density at radius 1 is 1.21 bits per heavy atom. The zero-order valence-electron chi connectivity index (χ0n) is 11.0. The first-order valence-corrected chi connectivity index (χ1v) is 6.70. The fourth-order valence-electron chi connectivity index (χ4n) is 2.66. The van der Waals surface area contributed by atoms with Crippen LogP contribution in [-0.4, -0.2) is 22.2 Å². The molecule has 5 nitrogen and oxygen atoms in total. The monoisotopic (exact) mass is 259 g/mol. The number of methoxy groups -OCH3 is 1. The summed E-state index contributed by atoms with van der Waals surface area (Å²) in [7, 11) is 1.63. The van der Waals surface area contributed by atoms with Gasteiger partial charge in [-0.3, -0.25) is 0 Å². The molecule has 3 rings (SSSR count). The van der Waals surface area contributed by atoms with Gasteiger partial charge in [-0.15, -0.1) is 0 Å². The quantitative estimate of drug-likeness (QED) is 0.847. The molecule has 100 valence electrons. The van der Waals surface area contributed by atoms with Crippen LogP contribution in [-0.2, 0) is 0 Å². The largest absolute Gasteiger partial charge is 0.481 e. The van der Waals surface area contributed by atoms with Crippen molar-refractivity contribution in [3.05, 3.63) is 24.2 Å². The lowest BCUT2D eigenvalue weighted by Crippen LogP contribution is -2.07. The van der Waals surface area contributed by atoms with Gasteiger partial charge >= 0.3 is 0 Å². The Bertz CT molecular complexity index is 534. The smallest absolute Gasteiger partial charge is 0.257 e. The molecule has 0 bridgehead atoms. The van der Waals surface area contributed by atoms with Gasteiger partial charge in [0.15, 0.2) is 6.33 Å². The van der Waals surface area contributed by atoms with Crippen molar-refractivity contribution in [2.45, 2.75) is 38.0 Å². The van der Waals surface area contributed by atoms with Crippen LogP contribution in [0.5, 0.6) is 5.88 Å². The van der Waals surface area contributed by atoms with E-state index in [-0.39, 0.29) is 0 Å². The minimum Gasteiger partial charge on any atom is -0.481 e. The molecule has 1 aliphatic carbocycles. The van der Waals surface area contributed by atoms with Crippen LogP contribution in [0.2, 0.25) is 0 Å². The third-order valence-electron chi connectivity index (χ3n) is 3.66. The lowest BCUT2D eigenvalue weighted by molar-refractivity contribution is 0.386. The van der Waals surface area contributed by atoms with Gasteiger partial charge in [0, 0.05) is 23.2 Å². The van der Waals surface area contributed by atoms with E-state index in [0.717, 1.165) is 11.3 Å². The number of hydrogen-bond acceptors (Lipinski definition) is 5. The second kappa shape index (κ2) is 5.38. The van der Waals surface area contributed by atoms with Gasteiger partial charge < -0.3 is 9.26 Å². The molecule has 0 radical (unpaired) electrons. The summed E-state index contributed by atoms with van der Waals surface area (Å²) in [6.07, 6.45) is 7.69. The highest BCUT2D eigenvalue weighted by molar-refractivity contribution is 5.55. The summed E-state index contributed by atoms with van der Waals surface area (Å²) in [4.78, 5) is 8.66. The Kier molecular flexibility index (Phi) is 3.44. The molecule has 19 heavy (non-hydrogen) atoms. The Balaban J connectivity index is 1.97. The summed E-state index contributed by atoms with van der Waals surface area (Å²) in [5, 5.41) is 3.65. The van der Waals surface area contributed by atoms with Crippen molar-refractivity contribution in [3.8, 4) is 17.3 Å². The maximum absolute atomic E-state index is 5.28. The van der Waals surface area contributed by atoms with Crippen LogP contribution in [0, 0.1) is 0 Å². The highest BCUT2D eigenvalue weighted by Gasteiger charge is 2.19. The summed E-state index contributed by atoms with van der Waals surface area (Å²) in [6, 6.07) is 3.88. The summed E-state index contributed by atoms with van der Waals surface area (Å²) >= 11 is 0. The Morgan fingerprint density at radius 2 is 2.05 bits per heavy atom. The second-order valence-corrected chi connectivity index (χ2v) is 4.90. The van der Waals surface area contributed by atoms with E-state index in [0.29, 0.717) is 17.7 Å². The van der Waals surface area contributed by atoms with Crippen LogP contribution >= 0.6 is 0 Å². The molecule has 5 heteroatoms. The van der Waals surface area contributed by atoms with Crippen molar-refractivity contribution in [3.63, 3.8) is 0 Å². The number of aromatic nitrogens is 3. The molecule has 1 aliphatic rings. The summed E-state index contributed by atoms with van der Waals surface area (Å²) in [6.45, 7) is 0. The third kappa shape index (κ3) is 2.59.